The van der Waals surface area contributed by atoms with Crippen LogP contribution in [0.4, 0.5) is 0 Å². The van der Waals surface area contributed by atoms with Crippen molar-refractivity contribution in [1.82, 2.24) is 10.2 Å². The molecular weight excluding hydrogens is 268 g/mol. The molecule has 2 rings (SSSR count). The largest absolute Gasteiger partial charge is 0.508 e. The summed E-state index contributed by atoms with van der Waals surface area (Å²) in [5.74, 6) is 0.000533. The van der Waals surface area contributed by atoms with Gasteiger partial charge in [-0.1, -0.05) is 13.8 Å². The molecule has 5 nitrogen and oxygen atoms in total. The van der Waals surface area contributed by atoms with E-state index in [9.17, 15) is 15.0 Å². The minimum Gasteiger partial charge on any atom is -0.508 e. The maximum absolute atomic E-state index is 12.5. The normalized spacial score (nSPS) is 22.3. The summed E-state index contributed by atoms with van der Waals surface area (Å²) in [6.45, 7) is 6.65. The van der Waals surface area contributed by atoms with Gasteiger partial charge < -0.3 is 20.4 Å². The molecule has 1 aromatic carbocycles. The van der Waals surface area contributed by atoms with Gasteiger partial charge >= 0.3 is 0 Å². The quantitative estimate of drug-likeness (QED) is 0.793. The number of nitrogens with zero attached hydrogens (tertiary/aromatic N) is 1. The average molecular weight is 292 g/mol. The first-order valence-corrected chi connectivity index (χ1v) is 7.57. The number of likely N-dealkylation sites (tertiary alicyclic amines) is 1. The summed E-state index contributed by atoms with van der Waals surface area (Å²) >= 11 is 0. The van der Waals surface area contributed by atoms with E-state index in [4.69, 9.17) is 0 Å². The van der Waals surface area contributed by atoms with Crippen LogP contribution in [-0.4, -0.2) is 46.7 Å². The molecule has 0 radical (unpaired) electrons. The Morgan fingerprint density at radius 1 is 1.43 bits per heavy atom. The fourth-order valence-corrected chi connectivity index (χ4v) is 2.83. The van der Waals surface area contributed by atoms with Crippen LogP contribution in [-0.2, 0) is 0 Å². The van der Waals surface area contributed by atoms with Crippen LogP contribution in [0.15, 0.2) is 18.2 Å². The van der Waals surface area contributed by atoms with Crippen LogP contribution in [0, 0.1) is 5.92 Å². The molecule has 1 aliphatic heterocycles. The number of phenols is 2. The summed E-state index contributed by atoms with van der Waals surface area (Å²) in [5.41, 5.74) is 0.250. The van der Waals surface area contributed by atoms with Crippen molar-refractivity contribution < 1.29 is 15.0 Å². The van der Waals surface area contributed by atoms with Crippen LogP contribution >= 0.6 is 0 Å². The molecule has 0 bridgehead atoms. The summed E-state index contributed by atoms with van der Waals surface area (Å²) in [5, 5.41) is 22.6. The summed E-state index contributed by atoms with van der Waals surface area (Å²) in [6.07, 6.45) is 2.03. The second-order valence-electron chi connectivity index (χ2n) is 5.78. The zero-order chi connectivity index (χ0) is 15.4. The van der Waals surface area contributed by atoms with E-state index < -0.39 is 0 Å². The van der Waals surface area contributed by atoms with Crippen molar-refractivity contribution in [2.24, 2.45) is 5.92 Å². The van der Waals surface area contributed by atoms with Gasteiger partial charge in [-0.2, -0.15) is 0 Å². The molecule has 116 valence electrons. The zero-order valence-corrected chi connectivity index (χ0v) is 12.7. The Morgan fingerprint density at radius 3 is 2.81 bits per heavy atom. The predicted octanol–water partition coefficient (Wildman–Crippen LogP) is 1.95. The van der Waals surface area contributed by atoms with E-state index >= 15 is 0 Å². The number of phenolic OH excluding ortho intramolecular Hbond substituents is 2. The Labute approximate surface area is 125 Å². The fraction of sp³-hybridized carbons (Fsp3) is 0.562. The van der Waals surface area contributed by atoms with E-state index in [1.807, 2.05) is 0 Å². The number of hydrogen-bond donors (Lipinski definition) is 3. The molecule has 1 saturated heterocycles. The van der Waals surface area contributed by atoms with E-state index in [0.29, 0.717) is 25.0 Å². The van der Waals surface area contributed by atoms with Crippen molar-refractivity contribution in [2.45, 2.75) is 32.7 Å². The second kappa shape index (κ2) is 6.80. The van der Waals surface area contributed by atoms with Gasteiger partial charge in [0.25, 0.3) is 5.91 Å². The van der Waals surface area contributed by atoms with Gasteiger partial charge in [-0.25, -0.2) is 0 Å². The van der Waals surface area contributed by atoms with Gasteiger partial charge in [-0.05, 0) is 37.4 Å². The van der Waals surface area contributed by atoms with Gasteiger partial charge in [0.2, 0.25) is 0 Å². The lowest BCUT2D eigenvalue weighted by molar-refractivity contribution is 0.0642. The van der Waals surface area contributed by atoms with Crippen molar-refractivity contribution in [3.05, 3.63) is 23.8 Å². The molecule has 1 aliphatic rings. The first kappa shape index (κ1) is 15.6. The number of piperidine rings is 1. The molecule has 1 aromatic rings. The lowest BCUT2D eigenvalue weighted by Gasteiger charge is -2.37. The topological polar surface area (TPSA) is 72.8 Å². The lowest BCUT2D eigenvalue weighted by atomic mass is 9.93. The molecule has 0 aliphatic carbocycles. The van der Waals surface area contributed by atoms with Crippen LogP contribution in [0.25, 0.3) is 0 Å². The van der Waals surface area contributed by atoms with E-state index in [0.717, 1.165) is 19.4 Å². The summed E-state index contributed by atoms with van der Waals surface area (Å²) in [7, 11) is 0. The van der Waals surface area contributed by atoms with Gasteiger partial charge in [-0.3, -0.25) is 4.79 Å². The van der Waals surface area contributed by atoms with Crippen LogP contribution in [0.5, 0.6) is 11.5 Å². The van der Waals surface area contributed by atoms with Gasteiger partial charge in [-0.15, -0.1) is 0 Å². The third-order valence-electron chi connectivity index (χ3n) is 4.06. The fourth-order valence-electron chi connectivity index (χ4n) is 2.83. The second-order valence-corrected chi connectivity index (χ2v) is 5.78. The summed E-state index contributed by atoms with van der Waals surface area (Å²) in [4.78, 5) is 14.2. The van der Waals surface area contributed by atoms with Gasteiger partial charge in [0.15, 0.2) is 0 Å². The molecule has 1 amide bonds. The molecule has 2 unspecified atom stereocenters. The maximum atomic E-state index is 12.5. The first-order valence-electron chi connectivity index (χ1n) is 7.57. The monoisotopic (exact) mass is 292 g/mol. The highest BCUT2D eigenvalue weighted by Gasteiger charge is 2.29. The minimum atomic E-state index is -0.173. The van der Waals surface area contributed by atoms with Crippen molar-refractivity contribution in [1.29, 1.82) is 0 Å². The lowest BCUT2D eigenvalue weighted by Crippen LogP contribution is -2.50. The Morgan fingerprint density at radius 2 is 2.19 bits per heavy atom. The third kappa shape index (κ3) is 3.67. The third-order valence-corrected chi connectivity index (χ3v) is 4.06. The molecule has 0 saturated carbocycles. The number of amides is 1. The number of rotatable bonds is 4. The van der Waals surface area contributed by atoms with Crippen LogP contribution < -0.4 is 5.32 Å². The number of carbonyl (C=O) groups excluding carboxylic acids is 1. The van der Waals surface area contributed by atoms with E-state index in [-0.39, 0.29) is 23.0 Å². The van der Waals surface area contributed by atoms with Crippen molar-refractivity contribution in [3.63, 3.8) is 0 Å². The van der Waals surface area contributed by atoms with E-state index in [1.54, 1.807) is 4.90 Å². The highest BCUT2D eigenvalue weighted by molar-refractivity contribution is 5.97. The first-order chi connectivity index (χ1) is 10.0. The summed E-state index contributed by atoms with van der Waals surface area (Å²) < 4.78 is 0. The number of aromatic hydroxyl groups is 2. The molecule has 0 aromatic heterocycles. The maximum Gasteiger partial charge on any atom is 0.257 e. The Balaban J connectivity index is 2.02. The molecular formula is C16H24N2O3. The Hall–Kier alpha value is -1.75. The van der Waals surface area contributed by atoms with Crippen molar-refractivity contribution in [2.75, 3.05) is 19.6 Å². The smallest absolute Gasteiger partial charge is 0.257 e. The number of nitrogens with one attached hydrogen (secondary N) is 1. The van der Waals surface area contributed by atoms with E-state index in [1.165, 1.54) is 18.2 Å². The Kier molecular flexibility index (Phi) is 5.07. The zero-order valence-electron chi connectivity index (χ0n) is 12.7. The van der Waals surface area contributed by atoms with Crippen LogP contribution in [0.3, 0.4) is 0 Å². The van der Waals surface area contributed by atoms with Crippen LogP contribution in [0.1, 0.15) is 37.0 Å². The van der Waals surface area contributed by atoms with E-state index in [2.05, 4.69) is 19.2 Å². The SMILES string of the molecule is CCCNC1CCN(C(=O)c2ccc(O)cc2O)CC1C. The molecule has 21 heavy (non-hydrogen) atoms. The summed E-state index contributed by atoms with van der Waals surface area (Å²) in [6, 6.07) is 4.54. The predicted molar refractivity (Wildman–Crippen MR) is 81.5 cm³/mol. The number of benzene rings is 1. The molecule has 0 spiro atoms. The number of hydrogen-bond acceptors (Lipinski definition) is 4. The van der Waals surface area contributed by atoms with Gasteiger partial charge in [0.05, 0.1) is 5.56 Å². The highest BCUT2D eigenvalue weighted by atomic mass is 16.3. The van der Waals surface area contributed by atoms with Gasteiger partial charge in [0, 0.05) is 25.2 Å². The average Bonchev–Trinajstić information content (AvgIpc) is 2.45. The molecule has 5 heteroatoms. The molecule has 1 heterocycles. The highest BCUT2D eigenvalue weighted by Crippen LogP contribution is 2.26. The number of carbonyl (C=O) groups is 1. The standard InChI is InChI=1S/C16H24N2O3/c1-3-7-17-14-6-8-18(10-11(14)2)16(21)13-5-4-12(19)9-15(13)20/h4-5,9,11,14,17,19-20H,3,6-8,10H2,1-2H3. The molecule has 3 N–H and O–H groups in total. The molecule has 1 fully saturated rings. The Bertz CT molecular complexity index is 504. The molecule has 2 atom stereocenters. The van der Waals surface area contributed by atoms with Crippen molar-refractivity contribution >= 4 is 5.91 Å². The van der Waals surface area contributed by atoms with Crippen molar-refractivity contribution in [3.8, 4) is 11.5 Å². The van der Waals surface area contributed by atoms with Crippen LogP contribution in [0.2, 0.25) is 0 Å². The minimum absolute atomic E-state index is 0.0418. The van der Waals surface area contributed by atoms with Gasteiger partial charge in [0.1, 0.15) is 11.5 Å².